The second-order valence-corrected chi connectivity index (χ2v) is 8.78. The summed E-state index contributed by atoms with van der Waals surface area (Å²) in [4.78, 5) is 0. The Morgan fingerprint density at radius 3 is 1.80 bits per heavy atom. The summed E-state index contributed by atoms with van der Waals surface area (Å²) >= 11 is 5.96. The van der Waals surface area contributed by atoms with E-state index < -0.39 is 75.3 Å². The van der Waals surface area contributed by atoms with Gasteiger partial charge in [-0.15, -0.1) is 13.2 Å². The van der Waals surface area contributed by atoms with Crippen LogP contribution in [0.2, 0.25) is 5.02 Å². The molecule has 0 aliphatic rings. The van der Waals surface area contributed by atoms with Gasteiger partial charge in [0.1, 0.15) is 34.6 Å². The minimum Gasteiger partial charge on any atom is -0.429 e. The van der Waals surface area contributed by atoms with Crippen molar-refractivity contribution in [2.45, 2.75) is 19.4 Å². The fourth-order valence-corrected chi connectivity index (χ4v) is 4.21. The molecule has 13 heteroatoms. The number of aryl methyl sites for hydroxylation is 1. The maximum atomic E-state index is 14.8. The van der Waals surface area contributed by atoms with Crippen molar-refractivity contribution in [1.29, 1.82) is 0 Å². The van der Waals surface area contributed by atoms with Crippen LogP contribution in [-0.2, 0) is 6.11 Å². The minimum atomic E-state index is -5.18. The normalized spacial score (nSPS) is 12.0. The van der Waals surface area contributed by atoms with Crippen molar-refractivity contribution < 1.29 is 53.4 Å². The van der Waals surface area contributed by atoms with Gasteiger partial charge in [-0.3, -0.25) is 0 Å². The predicted octanol–water partition coefficient (Wildman–Crippen LogP) is 9.70. The van der Waals surface area contributed by atoms with Crippen LogP contribution < -0.4 is 9.47 Å². The van der Waals surface area contributed by atoms with Crippen molar-refractivity contribution in [1.82, 2.24) is 0 Å². The molecule has 0 unspecified atom stereocenters. The predicted molar refractivity (Wildman–Crippen MR) is 124 cm³/mol. The molecule has 0 aliphatic heterocycles. The van der Waals surface area contributed by atoms with Gasteiger partial charge in [0.05, 0.1) is 5.02 Å². The van der Waals surface area contributed by atoms with Crippen LogP contribution in [0, 0.1) is 36.0 Å². The lowest BCUT2D eigenvalue weighted by Crippen LogP contribution is -2.25. The van der Waals surface area contributed by atoms with E-state index in [1.807, 2.05) is 0 Å². The summed E-state index contributed by atoms with van der Waals surface area (Å²) in [7, 11) is 0. The molecular formula is C27H13ClF10O2. The van der Waals surface area contributed by atoms with Gasteiger partial charge in [-0.25, -0.2) is 22.0 Å². The molecule has 0 spiro atoms. The van der Waals surface area contributed by atoms with E-state index in [1.54, 1.807) is 0 Å². The number of alkyl halides is 5. The van der Waals surface area contributed by atoms with E-state index >= 15 is 0 Å². The van der Waals surface area contributed by atoms with Crippen LogP contribution >= 0.6 is 11.6 Å². The SMILES string of the molecule is Cc1cc(F)c(-c2cc(F)c(C(F)(F)Oc3ccc(-c4ccc(OC(F)(F)F)c(F)c4)c(F)c3)c(F)c2)c(Cl)c1. The van der Waals surface area contributed by atoms with Gasteiger partial charge < -0.3 is 9.47 Å². The lowest BCUT2D eigenvalue weighted by atomic mass is 10.0. The maximum absolute atomic E-state index is 14.8. The third-order valence-electron chi connectivity index (χ3n) is 5.46. The van der Waals surface area contributed by atoms with E-state index in [0.29, 0.717) is 35.9 Å². The second kappa shape index (κ2) is 10.6. The van der Waals surface area contributed by atoms with E-state index in [4.69, 9.17) is 11.6 Å². The molecule has 40 heavy (non-hydrogen) atoms. The van der Waals surface area contributed by atoms with Gasteiger partial charge in [0.15, 0.2) is 11.6 Å². The molecule has 0 radical (unpaired) electrons. The molecule has 0 heterocycles. The molecule has 0 fully saturated rings. The van der Waals surface area contributed by atoms with E-state index in [-0.39, 0.29) is 10.6 Å². The molecule has 0 aliphatic carbocycles. The molecule has 4 aromatic rings. The van der Waals surface area contributed by atoms with Crippen molar-refractivity contribution in [3.63, 3.8) is 0 Å². The summed E-state index contributed by atoms with van der Waals surface area (Å²) in [6.45, 7) is 1.51. The van der Waals surface area contributed by atoms with Gasteiger partial charge in [-0.1, -0.05) is 17.7 Å². The standard InChI is InChI=1S/C27H13ClF10O2/c1-12-6-17(28)24(20(31)7-12)14-9-21(32)25(22(33)10-14)26(34,35)39-15-3-4-16(18(29)11-15)13-2-5-23(19(30)8-13)40-27(36,37)38/h2-11H,1H3. The molecule has 0 atom stereocenters. The van der Waals surface area contributed by atoms with Gasteiger partial charge in [0.2, 0.25) is 0 Å². The lowest BCUT2D eigenvalue weighted by Gasteiger charge is -2.20. The monoisotopic (exact) mass is 594 g/mol. The topological polar surface area (TPSA) is 18.5 Å². The Balaban J connectivity index is 1.62. The van der Waals surface area contributed by atoms with Crippen molar-refractivity contribution >= 4 is 11.6 Å². The molecular weight excluding hydrogens is 582 g/mol. The van der Waals surface area contributed by atoms with Crippen LogP contribution in [0.3, 0.4) is 0 Å². The van der Waals surface area contributed by atoms with Crippen LogP contribution in [0.1, 0.15) is 11.1 Å². The number of halogens is 11. The Bertz CT molecular complexity index is 1560. The summed E-state index contributed by atoms with van der Waals surface area (Å²) in [5.41, 5.74) is -3.05. The van der Waals surface area contributed by atoms with Crippen molar-refractivity contribution in [3.05, 3.63) is 106 Å². The van der Waals surface area contributed by atoms with Gasteiger partial charge in [0.25, 0.3) is 0 Å². The zero-order valence-electron chi connectivity index (χ0n) is 19.7. The third-order valence-corrected chi connectivity index (χ3v) is 5.76. The van der Waals surface area contributed by atoms with Gasteiger partial charge in [0, 0.05) is 17.2 Å². The number of hydrogen-bond acceptors (Lipinski definition) is 2. The molecule has 210 valence electrons. The molecule has 0 saturated heterocycles. The van der Waals surface area contributed by atoms with Crippen LogP contribution in [0.5, 0.6) is 11.5 Å². The second-order valence-electron chi connectivity index (χ2n) is 8.37. The lowest BCUT2D eigenvalue weighted by molar-refractivity contribution is -0.275. The number of rotatable bonds is 6. The molecule has 2 nitrogen and oxygen atoms in total. The Labute approximate surface area is 224 Å². The molecule has 0 aromatic heterocycles. The summed E-state index contributed by atoms with van der Waals surface area (Å²) in [5, 5.41) is -0.218. The summed E-state index contributed by atoms with van der Waals surface area (Å²) in [6, 6.07) is 7.16. The average molecular weight is 595 g/mol. The first-order valence-corrected chi connectivity index (χ1v) is 11.3. The highest BCUT2D eigenvalue weighted by Crippen LogP contribution is 2.40. The highest BCUT2D eigenvalue weighted by atomic mass is 35.5. The Morgan fingerprint density at radius 2 is 1.25 bits per heavy atom. The first-order valence-electron chi connectivity index (χ1n) is 10.9. The van der Waals surface area contributed by atoms with Gasteiger partial charge in [-0.2, -0.15) is 8.78 Å². The first kappa shape index (κ1) is 29.1. The Morgan fingerprint density at radius 1 is 0.625 bits per heavy atom. The van der Waals surface area contributed by atoms with Gasteiger partial charge >= 0.3 is 12.5 Å². The zero-order valence-corrected chi connectivity index (χ0v) is 20.5. The largest absolute Gasteiger partial charge is 0.573 e. The van der Waals surface area contributed by atoms with Crippen LogP contribution in [0.15, 0.2) is 60.7 Å². The maximum Gasteiger partial charge on any atom is 0.573 e. The summed E-state index contributed by atoms with van der Waals surface area (Å²) in [5.74, 6) is -9.43. The molecule has 0 amide bonds. The molecule has 0 saturated carbocycles. The third kappa shape index (κ3) is 6.11. The Kier molecular flexibility index (Phi) is 7.68. The van der Waals surface area contributed by atoms with Crippen molar-refractivity contribution in [2.75, 3.05) is 0 Å². The van der Waals surface area contributed by atoms with E-state index in [9.17, 15) is 43.9 Å². The quantitative estimate of drug-likeness (QED) is 0.207. The fourth-order valence-electron chi connectivity index (χ4n) is 3.84. The van der Waals surface area contributed by atoms with Gasteiger partial charge in [-0.05, 0) is 72.1 Å². The highest BCUT2D eigenvalue weighted by molar-refractivity contribution is 6.33. The molecule has 0 N–H and O–H groups in total. The number of benzene rings is 4. The fraction of sp³-hybridized carbons (Fsp3) is 0.111. The van der Waals surface area contributed by atoms with E-state index in [1.165, 1.54) is 13.0 Å². The van der Waals surface area contributed by atoms with Crippen LogP contribution in [0.4, 0.5) is 43.9 Å². The number of ether oxygens (including phenoxy) is 2. The van der Waals surface area contributed by atoms with E-state index in [2.05, 4.69) is 9.47 Å². The average Bonchev–Trinajstić information content (AvgIpc) is 2.78. The number of hydrogen-bond donors (Lipinski definition) is 0. The molecule has 0 bridgehead atoms. The molecule has 4 rings (SSSR count). The van der Waals surface area contributed by atoms with Crippen molar-refractivity contribution in [3.8, 4) is 33.8 Å². The van der Waals surface area contributed by atoms with Crippen LogP contribution in [0.25, 0.3) is 22.3 Å². The van der Waals surface area contributed by atoms with Crippen LogP contribution in [-0.4, -0.2) is 6.36 Å². The van der Waals surface area contributed by atoms with E-state index in [0.717, 1.165) is 24.3 Å². The molecule has 4 aromatic carbocycles. The minimum absolute atomic E-state index is 0.218. The zero-order chi connectivity index (χ0) is 29.6. The first-order chi connectivity index (χ1) is 18.6. The summed E-state index contributed by atoms with van der Waals surface area (Å²) < 4.78 is 147. The van der Waals surface area contributed by atoms with Crippen molar-refractivity contribution in [2.24, 2.45) is 0 Å². The Hall–Kier alpha value is -3.93. The smallest absolute Gasteiger partial charge is 0.429 e. The summed E-state index contributed by atoms with van der Waals surface area (Å²) in [6.07, 6.45) is -9.88. The highest BCUT2D eigenvalue weighted by Gasteiger charge is 2.41.